The molecule has 0 aliphatic carbocycles. The van der Waals surface area contributed by atoms with Gasteiger partial charge in [0.1, 0.15) is 0 Å². The summed E-state index contributed by atoms with van der Waals surface area (Å²) in [6, 6.07) is 6.38. The van der Waals surface area contributed by atoms with Crippen LogP contribution in [0.2, 0.25) is 0 Å². The number of carboxylic acids is 1. The third-order valence-corrected chi connectivity index (χ3v) is 3.39. The van der Waals surface area contributed by atoms with Gasteiger partial charge in [-0.25, -0.2) is 4.79 Å². The first kappa shape index (κ1) is 18.7. The molecule has 0 spiro atoms. The van der Waals surface area contributed by atoms with E-state index in [1.54, 1.807) is 31.2 Å². The first-order valence-corrected chi connectivity index (χ1v) is 7.77. The summed E-state index contributed by atoms with van der Waals surface area (Å²) in [5.74, 6) is -2.00. The van der Waals surface area contributed by atoms with Gasteiger partial charge in [0.05, 0.1) is 18.1 Å². The van der Waals surface area contributed by atoms with Crippen LogP contribution in [-0.2, 0) is 14.3 Å². The lowest BCUT2D eigenvalue weighted by Gasteiger charge is -2.11. The molecule has 1 amide bonds. The molecule has 1 aromatic rings. The molecular formula is C17H23NO5. The number of esters is 1. The fourth-order valence-corrected chi connectivity index (χ4v) is 2.17. The van der Waals surface area contributed by atoms with Crippen molar-refractivity contribution in [1.82, 2.24) is 0 Å². The Kier molecular flexibility index (Phi) is 7.80. The molecule has 1 rings (SSSR count). The van der Waals surface area contributed by atoms with Crippen LogP contribution in [0.4, 0.5) is 5.69 Å². The maximum Gasteiger partial charge on any atom is 0.338 e. The van der Waals surface area contributed by atoms with E-state index in [0.29, 0.717) is 30.7 Å². The lowest BCUT2D eigenvalue weighted by Crippen LogP contribution is -2.18. The molecule has 0 unspecified atom stereocenters. The van der Waals surface area contributed by atoms with E-state index in [1.165, 1.54) is 0 Å². The molecule has 6 heteroatoms. The third-order valence-electron chi connectivity index (χ3n) is 3.39. The predicted octanol–water partition coefficient (Wildman–Crippen LogP) is 3.08. The minimum absolute atomic E-state index is 0.149. The number of nitrogens with one attached hydrogen (secondary N) is 1. The average Bonchev–Trinajstić information content (AvgIpc) is 2.52. The Labute approximate surface area is 135 Å². The van der Waals surface area contributed by atoms with Gasteiger partial charge in [0.25, 0.3) is 0 Å². The number of anilines is 1. The summed E-state index contributed by atoms with van der Waals surface area (Å²) in [6.45, 7) is 3.95. The van der Waals surface area contributed by atoms with E-state index < -0.39 is 17.9 Å². The molecule has 1 aromatic carbocycles. The minimum Gasteiger partial charge on any atom is -0.481 e. The number of ether oxygens (including phenoxy) is 1. The van der Waals surface area contributed by atoms with Crippen molar-refractivity contribution in [2.45, 2.75) is 39.5 Å². The van der Waals surface area contributed by atoms with Gasteiger partial charge in [-0.1, -0.05) is 13.3 Å². The number of amides is 1. The summed E-state index contributed by atoms with van der Waals surface area (Å²) in [5, 5.41) is 11.8. The number of aliphatic carboxylic acids is 1. The molecule has 23 heavy (non-hydrogen) atoms. The Morgan fingerprint density at radius 2 is 1.78 bits per heavy atom. The van der Waals surface area contributed by atoms with Gasteiger partial charge in [-0.2, -0.15) is 0 Å². The number of carbonyl (C=O) groups excluding carboxylic acids is 2. The second kappa shape index (κ2) is 9.61. The molecular weight excluding hydrogens is 298 g/mol. The Balaban J connectivity index is 2.51. The first-order valence-electron chi connectivity index (χ1n) is 7.77. The van der Waals surface area contributed by atoms with Crippen LogP contribution >= 0.6 is 0 Å². The second-order valence-corrected chi connectivity index (χ2v) is 5.21. The van der Waals surface area contributed by atoms with Crippen LogP contribution in [-0.4, -0.2) is 29.6 Å². The maximum atomic E-state index is 11.9. The number of carboxylic acid groups (broad SMARTS) is 1. The zero-order chi connectivity index (χ0) is 17.2. The van der Waals surface area contributed by atoms with Crippen molar-refractivity contribution < 1.29 is 24.2 Å². The molecule has 0 saturated carbocycles. The Morgan fingerprint density at radius 3 is 2.30 bits per heavy atom. The second-order valence-electron chi connectivity index (χ2n) is 5.21. The Hall–Kier alpha value is -2.37. The van der Waals surface area contributed by atoms with Crippen molar-refractivity contribution in [3.05, 3.63) is 29.8 Å². The highest BCUT2D eigenvalue weighted by Gasteiger charge is 2.17. The van der Waals surface area contributed by atoms with Gasteiger partial charge < -0.3 is 15.2 Å². The summed E-state index contributed by atoms with van der Waals surface area (Å²) in [7, 11) is 0. The quantitative estimate of drug-likeness (QED) is 0.682. The molecule has 6 nitrogen and oxygen atoms in total. The summed E-state index contributed by atoms with van der Waals surface area (Å²) in [6.07, 6.45) is 1.80. The van der Waals surface area contributed by atoms with Gasteiger partial charge in [-0.05, 0) is 44.0 Å². The van der Waals surface area contributed by atoms with E-state index in [0.717, 1.165) is 6.42 Å². The monoisotopic (exact) mass is 321 g/mol. The summed E-state index contributed by atoms with van der Waals surface area (Å²) >= 11 is 0. The number of benzene rings is 1. The van der Waals surface area contributed by atoms with Crippen molar-refractivity contribution in [3.8, 4) is 0 Å². The van der Waals surface area contributed by atoms with Crippen molar-refractivity contribution >= 4 is 23.5 Å². The van der Waals surface area contributed by atoms with Crippen LogP contribution in [0, 0.1) is 5.92 Å². The van der Waals surface area contributed by atoms with E-state index in [-0.39, 0.29) is 12.3 Å². The molecule has 2 N–H and O–H groups in total. The molecule has 126 valence electrons. The molecule has 0 bridgehead atoms. The molecule has 0 radical (unpaired) electrons. The summed E-state index contributed by atoms with van der Waals surface area (Å²) in [5.41, 5.74) is 0.976. The van der Waals surface area contributed by atoms with E-state index in [2.05, 4.69) is 5.32 Å². The normalized spacial score (nSPS) is 11.6. The number of hydrogen-bond acceptors (Lipinski definition) is 4. The lowest BCUT2D eigenvalue weighted by atomic mass is 9.98. The molecule has 0 aliphatic heterocycles. The van der Waals surface area contributed by atoms with Gasteiger partial charge in [0.15, 0.2) is 0 Å². The topological polar surface area (TPSA) is 92.7 Å². The van der Waals surface area contributed by atoms with Crippen molar-refractivity contribution in [1.29, 1.82) is 0 Å². The average molecular weight is 321 g/mol. The van der Waals surface area contributed by atoms with Gasteiger partial charge in [-0.3, -0.25) is 9.59 Å². The van der Waals surface area contributed by atoms with Crippen LogP contribution in [0.15, 0.2) is 24.3 Å². The van der Waals surface area contributed by atoms with Gasteiger partial charge in [-0.15, -0.1) is 0 Å². The standard InChI is InChI=1S/C17H23NO5/c1-3-5-12(16(20)21)8-11-15(19)18-14-9-6-13(7-10-14)17(22)23-4-2/h6-7,9-10,12H,3-5,8,11H2,1-2H3,(H,18,19)(H,20,21)/t12-/m1/s1. The minimum atomic E-state index is -0.863. The fourth-order valence-electron chi connectivity index (χ4n) is 2.17. The highest BCUT2D eigenvalue weighted by atomic mass is 16.5. The van der Waals surface area contributed by atoms with E-state index in [9.17, 15) is 14.4 Å². The Morgan fingerprint density at radius 1 is 1.13 bits per heavy atom. The molecule has 0 fully saturated rings. The van der Waals surface area contributed by atoms with Gasteiger partial charge >= 0.3 is 11.9 Å². The van der Waals surface area contributed by atoms with Crippen LogP contribution in [0.25, 0.3) is 0 Å². The zero-order valence-corrected chi connectivity index (χ0v) is 13.5. The highest BCUT2D eigenvalue weighted by Crippen LogP contribution is 2.16. The van der Waals surface area contributed by atoms with Gasteiger partial charge in [0.2, 0.25) is 5.91 Å². The van der Waals surface area contributed by atoms with Gasteiger partial charge in [0, 0.05) is 12.1 Å². The van der Waals surface area contributed by atoms with Crippen molar-refractivity contribution in [2.75, 3.05) is 11.9 Å². The smallest absolute Gasteiger partial charge is 0.338 e. The highest BCUT2D eigenvalue weighted by molar-refractivity contribution is 5.93. The van der Waals surface area contributed by atoms with Crippen molar-refractivity contribution in [2.24, 2.45) is 5.92 Å². The fraction of sp³-hybridized carbons (Fsp3) is 0.471. The Bertz CT molecular complexity index is 538. The van der Waals surface area contributed by atoms with Crippen LogP contribution in [0.1, 0.15) is 49.9 Å². The maximum absolute atomic E-state index is 11.9. The number of hydrogen-bond donors (Lipinski definition) is 2. The summed E-state index contributed by atoms with van der Waals surface area (Å²) < 4.78 is 4.88. The number of carbonyl (C=O) groups is 3. The van der Waals surface area contributed by atoms with E-state index in [1.807, 2.05) is 6.92 Å². The SMILES string of the molecule is CCC[C@H](CCC(=O)Nc1ccc(C(=O)OCC)cc1)C(=O)O. The zero-order valence-electron chi connectivity index (χ0n) is 13.5. The molecule has 0 saturated heterocycles. The third kappa shape index (κ3) is 6.50. The van der Waals surface area contributed by atoms with Crippen LogP contribution in [0.3, 0.4) is 0 Å². The lowest BCUT2D eigenvalue weighted by molar-refractivity contribution is -0.142. The molecule has 0 heterocycles. The molecule has 0 aliphatic rings. The van der Waals surface area contributed by atoms with Crippen LogP contribution < -0.4 is 5.32 Å². The van der Waals surface area contributed by atoms with E-state index in [4.69, 9.17) is 9.84 Å². The summed E-state index contributed by atoms with van der Waals surface area (Å²) in [4.78, 5) is 34.4. The first-order chi connectivity index (χ1) is 11.0. The predicted molar refractivity (Wildman–Crippen MR) is 86.3 cm³/mol. The molecule has 0 aromatic heterocycles. The van der Waals surface area contributed by atoms with Crippen molar-refractivity contribution in [3.63, 3.8) is 0 Å². The number of rotatable bonds is 9. The van der Waals surface area contributed by atoms with E-state index >= 15 is 0 Å². The molecule has 1 atom stereocenters. The van der Waals surface area contributed by atoms with Crippen LogP contribution in [0.5, 0.6) is 0 Å². The largest absolute Gasteiger partial charge is 0.481 e.